The van der Waals surface area contributed by atoms with Crippen LogP contribution in [-0.2, 0) is 21.2 Å². The molecule has 1 aliphatic rings. The van der Waals surface area contributed by atoms with Crippen molar-refractivity contribution in [1.82, 2.24) is 4.31 Å². The molecular weight excluding hydrogens is 388 g/mol. The normalized spacial score (nSPS) is 17.7. The van der Waals surface area contributed by atoms with Crippen molar-refractivity contribution in [2.24, 2.45) is 5.92 Å². The third-order valence-corrected chi connectivity index (χ3v) is 7.20. The lowest BCUT2D eigenvalue weighted by molar-refractivity contribution is -0.114. The van der Waals surface area contributed by atoms with Gasteiger partial charge in [0.25, 0.3) is 0 Å². The second kappa shape index (κ2) is 8.97. The van der Waals surface area contributed by atoms with Crippen LogP contribution in [0.25, 0.3) is 0 Å². The minimum atomic E-state index is -3.63. The fourth-order valence-electron chi connectivity index (χ4n) is 3.83. The molecule has 0 bridgehead atoms. The van der Waals surface area contributed by atoms with E-state index >= 15 is 0 Å². The van der Waals surface area contributed by atoms with E-state index in [1.807, 2.05) is 31.2 Å². The summed E-state index contributed by atoms with van der Waals surface area (Å²) in [5, 5.41) is 2.71. The number of ether oxygens (including phenoxy) is 1. The quantitative estimate of drug-likeness (QED) is 0.781. The number of anilines is 1. The van der Waals surface area contributed by atoms with Gasteiger partial charge in [0.1, 0.15) is 5.75 Å². The Hall–Kier alpha value is -2.38. The van der Waals surface area contributed by atoms with Crippen molar-refractivity contribution in [3.63, 3.8) is 0 Å². The largest absolute Gasteiger partial charge is 0.496 e. The van der Waals surface area contributed by atoms with E-state index in [-0.39, 0.29) is 16.7 Å². The molecule has 2 aromatic carbocycles. The highest BCUT2D eigenvalue weighted by Crippen LogP contribution is 2.30. The van der Waals surface area contributed by atoms with Gasteiger partial charge in [0.2, 0.25) is 15.9 Å². The van der Waals surface area contributed by atoms with E-state index < -0.39 is 10.0 Å². The number of hydrogen-bond acceptors (Lipinski definition) is 4. The number of hydrogen-bond donors (Lipinski definition) is 1. The maximum atomic E-state index is 13.2. The van der Waals surface area contributed by atoms with Gasteiger partial charge in [0.15, 0.2) is 0 Å². The minimum Gasteiger partial charge on any atom is -0.496 e. The Bertz CT molecular complexity index is 988. The topological polar surface area (TPSA) is 75.7 Å². The molecule has 1 N–H and O–H groups in total. The summed E-state index contributed by atoms with van der Waals surface area (Å²) in [6.07, 6.45) is 2.58. The van der Waals surface area contributed by atoms with Crippen molar-refractivity contribution in [3.05, 3.63) is 53.6 Å². The molecular formula is C22H28N2O4S. The first-order valence-corrected chi connectivity index (χ1v) is 11.3. The number of rotatable bonds is 6. The zero-order valence-electron chi connectivity index (χ0n) is 17.1. The molecule has 156 valence electrons. The van der Waals surface area contributed by atoms with Crippen molar-refractivity contribution >= 4 is 21.6 Å². The Morgan fingerprint density at radius 3 is 2.72 bits per heavy atom. The summed E-state index contributed by atoms with van der Waals surface area (Å²) in [6, 6.07) is 12.8. The van der Waals surface area contributed by atoms with E-state index in [1.165, 1.54) is 6.92 Å². The van der Waals surface area contributed by atoms with Crippen molar-refractivity contribution in [2.75, 3.05) is 25.5 Å². The fraction of sp³-hybridized carbons (Fsp3) is 0.409. The lowest BCUT2D eigenvalue weighted by Crippen LogP contribution is -2.40. The molecule has 1 heterocycles. The molecule has 1 fully saturated rings. The first-order chi connectivity index (χ1) is 13.8. The Morgan fingerprint density at radius 1 is 1.24 bits per heavy atom. The lowest BCUT2D eigenvalue weighted by atomic mass is 9.92. The number of methoxy groups -OCH3 is 1. The van der Waals surface area contributed by atoms with Crippen molar-refractivity contribution in [3.8, 4) is 5.75 Å². The van der Waals surface area contributed by atoms with E-state index in [9.17, 15) is 13.2 Å². The molecule has 2 aromatic rings. The molecule has 1 aliphatic heterocycles. The molecule has 1 unspecified atom stereocenters. The van der Waals surface area contributed by atoms with Crippen LogP contribution in [0.15, 0.2) is 47.4 Å². The maximum absolute atomic E-state index is 13.2. The van der Waals surface area contributed by atoms with Crippen LogP contribution in [0.5, 0.6) is 5.75 Å². The number of piperidine rings is 1. The number of aryl methyl sites for hydroxylation is 1. The zero-order valence-corrected chi connectivity index (χ0v) is 18.0. The molecule has 1 atom stereocenters. The monoisotopic (exact) mass is 416 g/mol. The zero-order chi connectivity index (χ0) is 21.0. The van der Waals surface area contributed by atoms with Gasteiger partial charge in [-0.3, -0.25) is 4.79 Å². The van der Waals surface area contributed by atoms with Crippen molar-refractivity contribution < 1.29 is 17.9 Å². The predicted molar refractivity (Wildman–Crippen MR) is 114 cm³/mol. The number of sulfonamides is 1. The first-order valence-electron chi connectivity index (χ1n) is 9.81. The first kappa shape index (κ1) is 21.3. The van der Waals surface area contributed by atoms with Crippen LogP contribution < -0.4 is 10.1 Å². The fourth-order valence-corrected chi connectivity index (χ4v) is 5.41. The highest BCUT2D eigenvalue weighted by Gasteiger charge is 2.31. The predicted octanol–water partition coefficient (Wildman–Crippen LogP) is 3.61. The summed E-state index contributed by atoms with van der Waals surface area (Å²) in [6.45, 7) is 4.23. The van der Waals surface area contributed by atoms with Crippen molar-refractivity contribution in [2.45, 2.75) is 38.0 Å². The van der Waals surface area contributed by atoms with Gasteiger partial charge in [-0.15, -0.1) is 0 Å². The molecule has 0 aliphatic carbocycles. The van der Waals surface area contributed by atoms with Crippen LogP contribution in [0.2, 0.25) is 0 Å². The van der Waals surface area contributed by atoms with Crippen LogP contribution in [0, 0.1) is 12.8 Å². The highest BCUT2D eigenvalue weighted by molar-refractivity contribution is 7.89. The second-order valence-electron chi connectivity index (χ2n) is 7.55. The third kappa shape index (κ3) is 4.97. The Morgan fingerprint density at radius 2 is 2.00 bits per heavy atom. The maximum Gasteiger partial charge on any atom is 0.243 e. The van der Waals surface area contributed by atoms with Gasteiger partial charge in [-0.05, 0) is 61.4 Å². The van der Waals surface area contributed by atoms with Gasteiger partial charge < -0.3 is 10.1 Å². The molecule has 1 amide bonds. The van der Waals surface area contributed by atoms with Crippen LogP contribution in [-0.4, -0.2) is 38.8 Å². The van der Waals surface area contributed by atoms with Crippen molar-refractivity contribution in [1.29, 1.82) is 0 Å². The highest BCUT2D eigenvalue weighted by atomic mass is 32.2. The summed E-state index contributed by atoms with van der Waals surface area (Å²) in [7, 11) is -1.97. The standard InChI is InChI=1S/C22H28N2O4S/c1-16-10-11-20(14-21(16)23-17(2)25)29(26,27)24-12-6-7-18(15-24)13-19-8-4-5-9-22(19)28-3/h4-5,8-11,14,18H,6-7,12-13,15H2,1-3H3,(H,23,25). The number of carbonyl (C=O) groups is 1. The van der Waals surface area contributed by atoms with Crippen LogP contribution in [0.3, 0.4) is 0 Å². The third-order valence-electron chi connectivity index (χ3n) is 5.34. The molecule has 0 aromatic heterocycles. The molecule has 0 saturated carbocycles. The number of nitrogens with zero attached hydrogens (tertiary/aromatic N) is 1. The van der Waals surface area contributed by atoms with E-state index in [2.05, 4.69) is 5.32 Å². The number of para-hydroxylation sites is 1. The number of benzene rings is 2. The minimum absolute atomic E-state index is 0.213. The van der Waals surface area contributed by atoms with Crippen LogP contribution in [0.4, 0.5) is 5.69 Å². The lowest BCUT2D eigenvalue weighted by Gasteiger charge is -2.32. The Labute approximate surface area is 172 Å². The Balaban J connectivity index is 1.80. The van der Waals surface area contributed by atoms with E-state index in [4.69, 9.17) is 4.74 Å². The average Bonchev–Trinajstić information content (AvgIpc) is 2.70. The number of carbonyl (C=O) groups excluding carboxylic acids is 1. The van der Waals surface area contributed by atoms with Gasteiger partial charge in [0, 0.05) is 25.7 Å². The summed E-state index contributed by atoms with van der Waals surface area (Å²) < 4.78 is 33.5. The number of nitrogens with one attached hydrogen (secondary N) is 1. The molecule has 1 saturated heterocycles. The van der Waals surface area contributed by atoms with Gasteiger partial charge in [-0.2, -0.15) is 4.31 Å². The molecule has 7 heteroatoms. The smallest absolute Gasteiger partial charge is 0.243 e. The number of amides is 1. The van der Waals surface area contributed by atoms with E-state index in [0.717, 1.165) is 36.1 Å². The average molecular weight is 417 g/mol. The SMILES string of the molecule is COc1ccccc1CC1CCCN(S(=O)(=O)c2ccc(C)c(NC(C)=O)c2)C1. The second-order valence-corrected chi connectivity index (χ2v) is 9.48. The van der Waals surface area contributed by atoms with Gasteiger partial charge >= 0.3 is 0 Å². The molecule has 0 spiro atoms. The van der Waals surface area contributed by atoms with Gasteiger partial charge in [-0.1, -0.05) is 24.3 Å². The molecule has 6 nitrogen and oxygen atoms in total. The van der Waals surface area contributed by atoms with Gasteiger partial charge in [0.05, 0.1) is 12.0 Å². The summed E-state index contributed by atoms with van der Waals surface area (Å²) in [4.78, 5) is 11.6. The van der Waals surface area contributed by atoms with E-state index in [0.29, 0.717) is 18.8 Å². The molecule has 29 heavy (non-hydrogen) atoms. The molecule has 0 radical (unpaired) electrons. The summed E-state index contributed by atoms with van der Waals surface area (Å²) in [5.74, 6) is 0.846. The van der Waals surface area contributed by atoms with Crippen LogP contribution in [0.1, 0.15) is 30.9 Å². The van der Waals surface area contributed by atoms with Crippen LogP contribution >= 0.6 is 0 Å². The summed E-state index contributed by atoms with van der Waals surface area (Å²) in [5.41, 5.74) is 2.45. The Kier molecular flexibility index (Phi) is 6.59. The summed E-state index contributed by atoms with van der Waals surface area (Å²) >= 11 is 0. The van der Waals surface area contributed by atoms with E-state index in [1.54, 1.807) is 29.6 Å². The molecule has 3 rings (SSSR count). The van der Waals surface area contributed by atoms with Gasteiger partial charge in [-0.25, -0.2) is 8.42 Å².